The summed E-state index contributed by atoms with van der Waals surface area (Å²) in [7, 11) is 1.32. The molecule has 2 rings (SSSR count). The number of carbonyl (C=O) groups excluding carboxylic acids is 1. The van der Waals surface area contributed by atoms with Crippen molar-refractivity contribution < 1.29 is 22.7 Å². The van der Waals surface area contributed by atoms with Gasteiger partial charge in [-0.05, 0) is 40.9 Å². The van der Waals surface area contributed by atoms with Gasteiger partial charge in [-0.3, -0.25) is 4.79 Å². The maximum atomic E-state index is 13.0. The lowest BCUT2D eigenvalue weighted by Gasteiger charge is -2.15. The molecule has 0 aliphatic heterocycles. The van der Waals surface area contributed by atoms with Crippen LogP contribution in [-0.2, 0) is 28.7 Å². The van der Waals surface area contributed by atoms with Gasteiger partial charge >= 0.3 is 12.1 Å². The number of halogens is 3. The second-order valence-corrected chi connectivity index (χ2v) is 5.60. The average molecular weight is 351 g/mol. The zero-order valence-electron chi connectivity index (χ0n) is 14.1. The van der Waals surface area contributed by atoms with Crippen LogP contribution in [0.3, 0.4) is 0 Å². The van der Waals surface area contributed by atoms with Crippen LogP contribution in [0.2, 0.25) is 0 Å². The Morgan fingerprint density at radius 2 is 1.92 bits per heavy atom. The molecule has 0 fully saturated rings. The van der Waals surface area contributed by atoms with Crippen molar-refractivity contribution in [2.24, 2.45) is 0 Å². The van der Waals surface area contributed by atoms with Gasteiger partial charge in [0.2, 0.25) is 0 Å². The number of alkyl halides is 3. The number of esters is 1. The fourth-order valence-electron chi connectivity index (χ4n) is 2.55. The zero-order valence-corrected chi connectivity index (χ0v) is 14.1. The van der Waals surface area contributed by atoms with Crippen LogP contribution in [0.15, 0.2) is 42.5 Å². The number of carbonyl (C=O) groups is 1. The highest BCUT2D eigenvalue weighted by Crippen LogP contribution is 2.33. The van der Waals surface area contributed by atoms with E-state index in [2.05, 4.69) is 10.1 Å². The van der Waals surface area contributed by atoms with E-state index in [1.165, 1.54) is 19.2 Å². The van der Waals surface area contributed by atoms with Crippen molar-refractivity contribution in [2.75, 3.05) is 13.7 Å². The molecule has 0 amide bonds. The molecule has 0 aliphatic carbocycles. The molecule has 0 aliphatic rings. The van der Waals surface area contributed by atoms with Gasteiger partial charge in [-0.15, -0.1) is 0 Å². The Kier molecular flexibility index (Phi) is 6.20. The monoisotopic (exact) mass is 351 g/mol. The average Bonchev–Trinajstić information content (AvgIpc) is 2.59. The standard InChI is InChI=1S/C19H20F3NO2/c1-3-23-12-15-11-16(19(20,21)22)7-8-17(15)14-6-4-5-13(9-14)10-18(24)25-2/h4-9,11,23H,3,10,12H2,1-2H3. The molecule has 0 aromatic heterocycles. The maximum Gasteiger partial charge on any atom is 0.416 e. The Morgan fingerprint density at radius 1 is 1.16 bits per heavy atom. The summed E-state index contributed by atoms with van der Waals surface area (Å²) >= 11 is 0. The second kappa shape index (κ2) is 8.16. The minimum Gasteiger partial charge on any atom is -0.469 e. The number of ether oxygens (including phenoxy) is 1. The first-order valence-electron chi connectivity index (χ1n) is 7.92. The fraction of sp³-hybridized carbons (Fsp3) is 0.316. The summed E-state index contributed by atoms with van der Waals surface area (Å²) in [6, 6.07) is 10.9. The number of hydrogen-bond donors (Lipinski definition) is 1. The van der Waals surface area contributed by atoms with Crippen LogP contribution in [0.4, 0.5) is 13.2 Å². The van der Waals surface area contributed by atoms with Crippen LogP contribution in [-0.4, -0.2) is 19.6 Å². The van der Waals surface area contributed by atoms with Crippen molar-refractivity contribution in [3.05, 3.63) is 59.2 Å². The first-order chi connectivity index (χ1) is 11.8. The van der Waals surface area contributed by atoms with E-state index in [0.29, 0.717) is 24.2 Å². The first kappa shape index (κ1) is 19.0. The Bertz CT molecular complexity index is 742. The lowest BCUT2D eigenvalue weighted by atomic mass is 9.95. The zero-order chi connectivity index (χ0) is 18.4. The molecular weight excluding hydrogens is 331 g/mol. The Labute approximate surface area is 144 Å². The normalized spacial score (nSPS) is 11.4. The Balaban J connectivity index is 2.43. The summed E-state index contributed by atoms with van der Waals surface area (Å²) in [6.45, 7) is 2.87. The quantitative estimate of drug-likeness (QED) is 0.793. The van der Waals surface area contributed by atoms with Gasteiger partial charge in [0.15, 0.2) is 0 Å². The van der Waals surface area contributed by atoms with Gasteiger partial charge in [-0.25, -0.2) is 0 Å². The number of benzene rings is 2. The highest BCUT2D eigenvalue weighted by molar-refractivity contribution is 5.74. The van der Waals surface area contributed by atoms with Crippen molar-refractivity contribution in [3.8, 4) is 11.1 Å². The van der Waals surface area contributed by atoms with Crippen molar-refractivity contribution >= 4 is 5.97 Å². The third-order valence-electron chi connectivity index (χ3n) is 3.81. The highest BCUT2D eigenvalue weighted by Gasteiger charge is 2.31. The van der Waals surface area contributed by atoms with Crippen molar-refractivity contribution in [1.29, 1.82) is 0 Å². The van der Waals surface area contributed by atoms with Crippen LogP contribution in [0, 0.1) is 0 Å². The second-order valence-electron chi connectivity index (χ2n) is 5.60. The molecule has 0 radical (unpaired) electrons. The van der Waals surface area contributed by atoms with Crippen molar-refractivity contribution in [3.63, 3.8) is 0 Å². The number of hydrogen-bond acceptors (Lipinski definition) is 3. The summed E-state index contributed by atoms with van der Waals surface area (Å²) in [5.74, 6) is -0.363. The molecule has 25 heavy (non-hydrogen) atoms. The van der Waals surface area contributed by atoms with E-state index < -0.39 is 11.7 Å². The van der Waals surface area contributed by atoms with Crippen LogP contribution < -0.4 is 5.32 Å². The SMILES string of the molecule is CCNCc1cc(C(F)(F)F)ccc1-c1cccc(CC(=O)OC)c1. The van der Waals surface area contributed by atoms with Crippen LogP contribution in [0.5, 0.6) is 0 Å². The van der Waals surface area contributed by atoms with Gasteiger partial charge in [-0.1, -0.05) is 37.3 Å². The van der Waals surface area contributed by atoms with E-state index >= 15 is 0 Å². The van der Waals surface area contributed by atoms with E-state index in [1.807, 2.05) is 13.0 Å². The topological polar surface area (TPSA) is 38.3 Å². The summed E-state index contributed by atoms with van der Waals surface area (Å²) in [4.78, 5) is 11.4. The predicted octanol–water partition coefficient (Wildman–Crippen LogP) is 4.20. The smallest absolute Gasteiger partial charge is 0.416 e. The molecule has 0 unspecified atom stereocenters. The molecule has 0 heterocycles. The van der Waals surface area contributed by atoms with Crippen LogP contribution in [0.25, 0.3) is 11.1 Å². The van der Waals surface area contributed by atoms with E-state index in [1.54, 1.807) is 18.2 Å². The van der Waals surface area contributed by atoms with Gasteiger partial charge in [0, 0.05) is 6.54 Å². The Hall–Kier alpha value is -2.34. The first-order valence-corrected chi connectivity index (χ1v) is 7.92. The molecule has 0 atom stereocenters. The number of rotatable bonds is 6. The largest absolute Gasteiger partial charge is 0.469 e. The molecule has 0 spiro atoms. The maximum absolute atomic E-state index is 13.0. The summed E-state index contributed by atoms with van der Waals surface area (Å²) in [5.41, 5.74) is 2.11. The summed E-state index contributed by atoms with van der Waals surface area (Å²) < 4.78 is 43.7. The fourth-order valence-corrected chi connectivity index (χ4v) is 2.55. The summed E-state index contributed by atoms with van der Waals surface area (Å²) in [6.07, 6.45) is -4.26. The molecule has 0 saturated carbocycles. The molecule has 6 heteroatoms. The molecule has 2 aromatic rings. The molecule has 3 nitrogen and oxygen atoms in total. The Morgan fingerprint density at radius 3 is 2.56 bits per heavy atom. The van der Waals surface area contributed by atoms with Gasteiger partial charge < -0.3 is 10.1 Å². The van der Waals surface area contributed by atoms with E-state index in [4.69, 9.17) is 0 Å². The minimum atomic E-state index is -4.38. The van der Waals surface area contributed by atoms with E-state index in [-0.39, 0.29) is 12.4 Å². The van der Waals surface area contributed by atoms with Crippen molar-refractivity contribution in [2.45, 2.75) is 26.1 Å². The molecule has 0 bridgehead atoms. The lowest BCUT2D eigenvalue weighted by molar-refractivity contribution is -0.140. The highest BCUT2D eigenvalue weighted by atomic mass is 19.4. The van der Waals surface area contributed by atoms with E-state index in [0.717, 1.165) is 17.2 Å². The third kappa shape index (κ3) is 5.06. The lowest BCUT2D eigenvalue weighted by Crippen LogP contribution is -2.14. The molecular formula is C19H20F3NO2. The summed E-state index contributed by atoms with van der Waals surface area (Å²) in [5, 5.41) is 3.07. The molecule has 0 saturated heterocycles. The van der Waals surface area contributed by atoms with Gasteiger partial charge in [-0.2, -0.15) is 13.2 Å². The molecule has 134 valence electrons. The van der Waals surface area contributed by atoms with Crippen LogP contribution >= 0.6 is 0 Å². The number of methoxy groups -OCH3 is 1. The van der Waals surface area contributed by atoms with Crippen molar-refractivity contribution in [1.82, 2.24) is 5.32 Å². The number of nitrogens with one attached hydrogen (secondary N) is 1. The minimum absolute atomic E-state index is 0.119. The third-order valence-corrected chi connectivity index (χ3v) is 3.81. The predicted molar refractivity (Wildman–Crippen MR) is 90.0 cm³/mol. The van der Waals surface area contributed by atoms with E-state index in [9.17, 15) is 18.0 Å². The van der Waals surface area contributed by atoms with Gasteiger partial charge in [0.25, 0.3) is 0 Å². The molecule has 2 aromatic carbocycles. The van der Waals surface area contributed by atoms with Crippen LogP contribution in [0.1, 0.15) is 23.6 Å². The molecule has 1 N–H and O–H groups in total. The van der Waals surface area contributed by atoms with Gasteiger partial charge in [0.05, 0.1) is 19.1 Å². The van der Waals surface area contributed by atoms with Gasteiger partial charge in [0.1, 0.15) is 0 Å².